The number of carboxylic acids is 1. The van der Waals surface area contributed by atoms with E-state index in [0.717, 1.165) is 5.69 Å². The fourth-order valence-corrected chi connectivity index (χ4v) is 1.73. The summed E-state index contributed by atoms with van der Waals surface area (Å²) in [6.07, 6.45) is 1.09. The number of benzene rings is 1. The van der Waals surface area contributed by atoms with Crippen molar-refractivity contribution in [3.63, 3.8) is 0 Å². The molecule has 6 nitrogen and oxygen atoms in total. The molecule has 0 aliphatic rings. The lowest BCUT2D eigenvalue weighted by Crippen LogP contribution is -2.42. The van der Waals surface area contributed by atoms with Gasteiger partial charge in [-0.1, -0.05) is 19.4 Å². The van der Waals surface area contributed by atoms with Gasteiger partial charge in [0, 0.05) is 25.5 Å². The summed E-state index contributed by atoms with van der Waals surface area (Å²) in [5.41, 5.74) is 1.57. The van der Waals surface area contributed by atoms with Gasteiger partial charge in [-0.15, -0.1) is 0 Å². The van der Waals surface area contributed by atoms with Gasteiger partial charge in [0.15, 0.2) is 0 Å². The highest BCUT2D eigenvalue weighted by molar-refractivity contribution is 5.92. The molecule has 1 atom stereocenters. The van der Waals surface area contributed by atoms with E-state index in [4.69, 9.17) is 5.11 Å². The number of nitrogens with one attached hydrogen (secondary N) is 2. The molecule has 0 radical (unpaired) electrons. The molecule has 1 aromatic rings. The van der Waals surface area contributed by atoms with Crippen molar-refractivity contribution in [1.82, 2.24) is 5.32 Å². The van der Waals surface area contributed by atoms with Crippen molar-refractivity contribution in [1.29, 1.82) is 0 Å². The molecule has 0 unspecified atom stereocenters. The summed E-state index contributed by atoms with van der Waals surface area (Å²) >= 11 is 0. The second-order valence-electron chi connectivity index (χ2n) is 4.72. The molecule has 0 aliphatic heterocycles. The SMILES string of the molecule is CCC[C@H](NC(=O)Nc1cccc(N(C)C)c1)C(=O)O. The Balaban J connectivity index is 2.65. The smallest absolute Gasteiger partial charge is 0.326 e. The number of anilines is 2. The molecule has 0 aliphatic carbocycles. The van der Waals surface area contributed by atoms with Crippen molar-refractivity contribution < 1.29 is 14.7 Å². The molecule has 0 bridgehead atoms. The number of aliphatic carboxylic acids is 1. The fraction of sp³-hybridized carbons (Fsp3) is 0.429. The third kappa shape index (κ3) is 4.79. The van der Waals surface area contributed by atoms with E-state index in [1.54, 1.807) is 6.07 Å². The van der Waals surface area contributed by atoms with E-state index >= 15 is 0 Å². The Hall–Kier alpha value is -2.24. The molecule has 2 amide bonds. The molecule has 20 heavy (non-hydrogen) atoms. The molecule has 1 rings (SSSR count). The van der Waals surface area contributed by atoms with Gasteiger partial charge in [0.05, 0.1) is 0 Å². The topological polar surface area (TPSA) is 81.7 Å². The van der Waals surface area contributed by atoms with Crippen LogP contribution in [0.4, 0.5) is 16.2 Å². The van der Waals surface area contributed by atoms with Crippen LogP contribution < -0.4 is 15.5 Å². The van der Waals surface area contributed by atoms with Crippen LogP contribution in [0.25, 0.3) is 0 Å². The zero-order chi connectivity index (χ0) is 15.1. The summed E-state index contributed by atoms with van der Waals surface area (Å²) in [7, 11) is 3.81. The van der Waals surface area contributed by atoms with Gasteiger partial charge in [-0.3, -0.25) is 0 Å². The monoisotopic (exact) mass is 279 g/mol. The van der Waals surface area contributed by atoms with Crippen LogP contribution in [-0.2, 0) is 4.79 Å². The van der Waals surface area contributed by atoms with Gasteiger partial charge in [0.2, 0.25) is 0 Å². The van der Waals surface area contributed by atoms with Crippen LogP contribution in [0.1, 0.15) is 19.8 Å². The molecular formula is C14H21N3O3. The minimum Gasteiger partial charge on any atom is -0.480 e. The summed E-state index contributed by atoms with van der Waals surface area (Å²) in [4.78, 5) is 24.7. The number of hydrogen-bond acceptors (Lipinski definition) is 3. The van der Waals surface area contributed by atoms with Crippen molar-refractivity contribution in [3.8, 4) is 0 Å². The van der Waals surface area contributed by atoms with Crippen molar-refractivity contribution in [2.75, 3.05) is 24.3 Å². The molecule has 0 spiro atoms. The zero-order valence-corrected chi connectivity index (χ0v) is 12.0. The van der Waals surface area contributed by atoms with Crippen LogP contribution in [0.2, 0.25) is 0 Å². The number of rotatable bonds is 6. The molecule has 0 aromatic heterocycles. The number of nitrogens with zero attached hydrogens (tertiary/aromatic N) is 1. The maximum Gasteiger partial charge on any atom is 0.326 e. The first kappa shape index (κ1) is 15.8. The minimum atomic E-state index is -1.02. The van der Waals surface area contributed by atoms with Crippen molar-refractivity contribution >= 4 is 23.4 Å². The van der Waals surface area contributed by atoms with Crippen LogP contribution in [0.3, 0.4) is 0 Å². The Morgan fingerprint density at radius 2 is 2.05 bits per heavy atom. The van der Waals surface area contributed by atoms with Crippen molar-refractivity contribution in [2.45, 2.75) is 25.8 Å². The van der Waals surface area contributed by atoms with Gasteiger partial charge < -0.3 is 20.6 Å². The van der Waals surface area contributed by atoms with E-state index in [2.05, 4.69) is 10.6 Å². The van der Waals surface area contributed by atoms with Gasteiger partial charge in [-0.05, 0) is 24.6 Å². The summed E-state index contributed by atoms with van der Waals surface area (Å²) in [6.45, 7) is 1.87. The third-order valence-electron chi connectivity index (χ3n) is 2.80. The van der Waals surface area contributed by atoms with E-state index in [1.165, 1.54) is 0 Å². The van der Waals surface area contributed by atoms with Gasteiger partial charge >= 0.3 is 12.0 Å². The molecular weight excluding hydrogens is 258 g/mol. The normalized spacial score (nSPS) is 11.6. The molecule has 0 saturated carbocycles. The quantitative estimate of drug-likeness (QED) is 0.745. The molecule has 0 heterocycles. The highest BCUT2D eigenvalue weighted by atomic mass is 16.4. The summed E-state index contributed by atoms with van der Waals surface area (Å²) in [5, 5.41) is 14.1. The fourth-order valence-electron chi connectivity index (χ4n) is 1.73. The maximum atomic E-state index is 11.8. The Kier molecular flexibility index (Phi) is 5.83. The lowest BCUT2D eigenvalue weighted by Gasteiger charge is -2.16. The molecule has 0 fully saturated rings. The Morgan fingerprint density at radius 3 is 2.60 bits per heavy atom. The highest BCUT2D eigenvalue weighted by Crippen LogP contribution is 2.17. The van der Waals surface area contributed by atoms with Crippen molar-refractivity contribution in [2.24, 2.45) is 0 Å². The molecule has 1 aromatic carbocycles. The van der Waals surface area contributed by atoms with E-state index in [1.807, 2.05) is 44.1 Å². The zero-order valence-electron chi connectivity index (χ0n) is 12.0. The molecule has 110 valence electrons. The number of carbonyl (C=O) groups is 2. The Labute approximate surface area is 118 Å². The number of urea groups is 1. The van der Waals surface area contributed by atoms with Gasteiger partial charge in [0.25, 0.3) is 0 Å². The van der Waals surface area contributed by atoms with Gasteiger partial charge in [0.1, 0.15) is 6.04 Å². The van der Waals surface area contributed by atoms with E-state index in [-0.39, 0.29) is 0 Å². The predicted molar refractivity (Wildman–Crippen MR) is 79.3 cm³/mol. The largest absolute Gasteiger partial charge is 0.480 e. The summed E-state index contributed by atoms with van der Waals surface area (Å²) in [6, 6.07) is 5.93. The first-order valence-corrected chi connectivity index (χ1v) is 6.51. The first-order valence-electron chi connectivity index (χ1n) is 6.51. The predicted octanol–water partition coefficient (Wildman–Crippen LogP) is 2.13. The number of carboxylic acid groups (broad SMARTS) is 1. The van der Waals surface area contributed by atoms with Crippen LogP contribution in [0.5, 0.6) is 0 Å². The Bertz CT molecular complexity index is 474. The van der Waals surface area contributed by atoms with E-state index in [0.29, 0.717) is 18.5 Å². The van der Waals surface area contributed by atoms with E-state index < -0.39 is 18.0 Å². The Morgan fingerprint density at radius 1 is 1.35 bits per heavy atom. The van der Waals surface area contributed by atoms with Crippen LogP contribution in [-0.4, -0.2) is 37.2 Å². The molecule has 6 heteroatoms. The molecule has 3 N–H and O–H groups in total. The first-order chi connectivity index (χ1) is 9.43. The number of amides is 2. The lowest BCUT2D eigenvalue weighted by molar-refractivity contribution is -0.139. The van der Waals surface area contributed by atoms with Crippen LogP contribution >= 0.6 is 0 Å². The second kappa shape index (κ2) is 7.37. The lowest BCUT2D eigenvalue weighted by atomic mass is 10.2. The second-order valence-corrected chi connectivity index (χ2v) is 4.72. The third-order valence-corrected chi connectivity index (χ3v) is 2.80. The van der Waals surface area contributed by atoms with E-state index in [9.17, 15) is 9.59 Å². The van der Waals surface area contributed by atoms with Gasteiger partial charge in [-0.2, -0.15) is 0 Å². The van der Waals surface area contributed by atoms with Crippen LogP contribution in [0, 0.1) is 0 Å². The average Bonchev–Trinajstić information content (AvgIpc) is 2.38. The standard InChI is InChI=1S/C14H21N3O3/c1-4-6-12(13(18)19)16-14(20)15-10-7-5-8-11(9-10)17(2)3/h5,7-9,12H,4,6H2,1-3H3,(H,18,19)(H2,15,16,20)/t12-/m0/s1. The van der Waals surface area contributed by atoms with Gasteiger partial charge in [-0.25, -0.2) is 9.59 Å². The highest BCUT2D eigenvalue weighted by Gasteiger charge is 2.18. The number of hydrogen-bond donors (Lipinski definition) is 3. The molecule has 0 saturated heterocycles. The summed E-state index contributed by atoms with van der Waals surface area (Å²) in [5.74, 6) is -1.02. The van der Waals surface area contributed by atoms with Crippen molar-refractivity contribution in [3.05, 3.63) is 24.3 Å². The minimum absolute atomic E-state index is 0.403. The number of carbonyl (C=O) groups excluding carboxylic acids is 1. The summed E-state index contributed by atoms with van der Waals surface area (Å²) < 4.78 is 0. The maximum absolute atomic E-state index is 11.8. The average molecular weight is 279 g/mol. The van der Waals surface area contributed by atoms with Crippen LogP contribution in [0.15, 0.2) is 24.3 Å².